The highest BCUT2D eigenvalue weighted by Crippen LogP contribution is 2.23. The molecular formula is C13H14FN2O4S. The number of ketones is 1. The van der Waals surface area contributed by atoms with Crippen LogP contribution in [0.15, 0.2) is 29.2 Å². The van der Waals surface area contributed by atoms with E-state index in [1.54, 1.807) is 0 Å². The van der Waals surface area contributed by atoms with Crippen LogP contribution in [0.2, 0.25) is 0 Å². The van der Waals surface area contributed by atoms with E-state index in [9.17, 15) is 22.4 Å². The van der Waals surface area contributed by atoms with Gasteiger partial charge in [-0.15, -0.1) is 0 Å². The van der Waals surface area contributed by atoms with Gasteiger partial charge in [-0.1, -0.05) is 0 Å². The zero-order valence-corrected chi connectivity index (χ0v) is 11.8. The molecule has 6 nitrogen and oxygen atoms in total. The average Bonchev–Trinajstić information content (AvgIpc) is 2.61. The zero-order valence-electron chi connectivity index (χ0n) is 11.0. The monoisotopic (exact) mass is 313 g/mol. The summed E-state index contributed by atoms with van der Waals surface area (Å²) in [5, 5.41) is 0. The molecule has 1 aromatic carbocycles. The number of nitrogens with two attached hydrogens (primary N) is 1. The van der Waals surface area contributed by atoms with Crippen LogP contribution in [0.3, 0.4) is 0 Å². The fourth-order valence-electron chi connectivity index (χ4n) is 2.16. The lowest BCUT2D eigenvalue weighted by atomic mass is 10.1. The van der Waals surface area contributed by atoms with Crippen molar-refractivity contribution >= 4 is 21.7 Å². The maximum atomic E-state index is 12.9. The molecule has 0 spiro atoms. The summed E-state index contributed by atoms with van der Waals surface area (Å²) < 4.78 is 38.8. The van der Waals surface area contributed by atoms with E-state index in [0.29, 0.717) is 12.8 Å². The molecule has 1 radical (unpaired) electrons. The van der Waals surface area contributed by atoms with Gasteiger partial charge in [-0.05, 0) is 37.1 Å². The minimum Gasteiger partial charge on any atom is -0.368 e. The Labute approximate surface area is 121 Å². The minimum absolute atomic E-state index is 0.00441. The van der Waals surface area contributed by atoms with Gasteiger partial charge in [0.2, 0.25) is 15.9 Å². The number of carbonyl (C=O) groups is 2. The van der Waals surface area contributed by atoms with E-state index < -0.39 is 33.6 Å². The summed E-state index contributed by atoms with van der Waals surface area (Å²) in [6.45, 7) is -0.00441. The van der Waals surface area contributed by atoms with Crippen molar-refractivity contribution in [3.05, 3.63) is 36.5 Å². The number of Topliss-reactive ketones (excluding diaryl/α,β-unsaturated/α-hetero) is 1. The molecule has 1 atom stereocenters. The van der Waals surface area contributed by atoms with Crippen molar-refractivity contribution in [3.8, 4) is 0 Å². The van der Waals surface area contributed by atoms with Crippen molar-refractivity contribution < 1.29 is 22.4 Å². The molecular weight excluding hydrogens is 299 g/mol. The molecule has 2 rings (SSSR count). The van der Waals surface area contributed by atoms with Crippen LogP contribution >= 0.6 is 0 Å². The van der Waals surface area contributed by atoms with Gasteiger partial charge in [0.25, 0.3) is 0 Å². The van der Waals surface area contributed by atoms with E-state index in [1.807, 2.05) is 0 Å². The number of amides is 1. The third kappa shape index (κ3) is 3.11. The number of carbonyl (C=O) groups excluding carboxylic acids is 2. The maximum Gasteiger partial charge on any atom is 0.244 e. The van der Waals surface area contributed by atoms with Gasteiger partial charge in [0, 0.05) is 13.0 Å². The number of sulfonamides is 1. The van der Waals surface area contributed by atoms with Crippen LogP contribution in [-0.4, -0.2) is 37.0 Å². The largest absolute Gasteiger partial charge is 0.368 e. The van der Waals surface area contributed by atoms with Crippen LogP contribution in [0.25, 0.3) is 0 Å². The Morgan fingerprint density at radius 2 is 1.90 bits per heavy atom. The Morgan fingerprint density at radius 1 is 1.29 bits per heavy atom. The normalized spacial score (nSPS) is 21.0. The topological polar surface area (TPSA) is 97.5 Å². The molecule has 8 heteroatoms. The molecule has 2 N–H and O–H groups in total. The van der Waals surface area contributed by atoms with E-state index in [4.69, 9.17) is 5.73 Å². The first-order valence-corrected chi connectivity index (χ1v) is 7.72. The van der Waals surface area contributed by atoms with Crippen LogP contribution in [0.4, 0.5) is 4.39 Å². The number of rotatable bonds is 3. The second kappa shape index (κ2) is 5.90. The highest BCUT2D eigenvalue weighted by molar-refractivity contribution is 7.89. The zero-order chi connectivity index (χ0) is 15.6. The van der Waals surface area contributed by atoms with E-state index >= 15 is 0 Å². The number of hydrogen-bond donors (Lipinski definition) is 1. The number of nitrogens with zero attached hydrogens (tertiary/aromatic N) is 1. The van der Waals surface area contributed by atoms with Gasteiger partial charge >= 0.3 is 0 Å². The summed E-state index contributed by atoms with van der Waals surface area (Å²) in [6.07, 6.45) is 2.05. The van der Waals surface area contributed by atoms with Gasteiger partial charge in [-0.2, -0.15) is 4.31 Å². The molecule has 1 aliphatic rings. The number of benzene rings is 1. The fraction of sp³-hybridized carbons (Fsp3) is 0.308. The molecule has 0 aliphatic carbocycles. The molecule has 21 heavy (non-hydrogen) atoms. The van der Waals surface area contributed by atoms with E-state index in [2.05, 4.69) is 0 Å². The maximum absolute atomic E-state index is 12.9. The molecule has 0 aromatic heterocycles. The standard InChI is InChI=1S/C13H14FN2O4S/c14-9-4-6-10(7-5-9)21(19,20)16-8-2-1-3-11(17)12(16)13(15)18/h3-7,12H,1-2,8H2,(H2,15,18). The third-order valence-corrected chi connectivity index (χ3v) is 5.05. The van der Waals surface area contributed by atoms with Gasteiger partial charge in [0.1, 0.15) is 5.82 Å². The number of primary amides is 1. The Bertz CT molecular complexity index is 657. The summed E-state index contributed by atoms with van der Waals surface area (Å²) >= 11 is 0. The second-order valence-electron chi connectivity index (χ2n) is 4.62. The lowest BCUT2D eigenvalue weighted by Gasteiger charge is -2.25. The van der Waals surface area contributed by atoms with E-state index in [-0.39, 0.29) is 11.4 Å². The van der Waals surface area contributed by atoms with Gasteiger partial charge < -0.3 is 5.73 Å². The van der Waals surface area contributed by atoms with Crippen LogP contribution in [0, 0.1) is 12.2 Å². The quantitative estimate of drug-likeness (QED) is 0.808. The van der Waals surface area contributed by atoms with Crippen molar-refractivity contribution in [3.63, 3.8) is 0 Å². The molecule has 113 valence electrons. The molecule has 1 unspecified atom stereocenters. The lowest BCUT2D eigenvalue weighted by molar-refractivity contribution is -0.129. The summed E-state index contributed by atoms with van der Waals surface area (Å²) in [7, 11) is -4.10. The van der Waals surface area contributed by atoms with Gasteiger partial charge in [-0.3, -0.25) is 9.59 Å². The van der Waals surface area contributed by atoms with Crippen molar-refractivity contribution in [1.29, 1.82) is 0 Å². The molecule has 0 bridgehead atoms. The Kier molecular flexibility index (Phi) is 4.38. The van der Waals surface area contributed by atoms with Crippen molar-refractivity contribution in [2.24, 2.45) is 5.73 Å². The average molecular weight is 313 g/mol. The number of hydrogen-bond acceptors (Lipinski definition) is 4. The highest BCUT2D eigenvalue weighted by Gasteiger charge is 2.40. The summed E-state index contributed by atoms with van der Waals surface area (Å²) in [5.74, 6) is -2.24. The molecule has 1 aliphatic heterocycles. The summed E-state index contributed by atoms with van der Waals surface area (Å²) in [6, 6.07) is 2.61. The van der Waals surface area contributed by atoms with Crippen LogP contribution in [-0.2, 0) is 19.6 Å². The van der Waals surface area contributed by atoms with Crippen molar-refractivity contribution in [2.75, 3.05) is 6.54 Å². The first-order chi connectivity index (χ1) is 9.84. The van der Waals surface area contributed by atoms with E-state index in [1.165, 1.54) is 6.42 Å². The molecule has 1 amide bonds. The third-order valence-electron chi connectivity index (χ3n) is 3.18. The first-order valence-electron chi connectivity index (χ1n) is 6.28. The Hall–Kier alpha value is -1.80. The van der Waals surface area contributed by atoms with Crippen LogP contribution < -0.4 is 5.73 Å². The minimum atomic E-state index is -4.10. The smallest absolute Gasteiger partial charge is 0.244 e. The van der Waals surface area contributed by atoms with Gasteiger partial charge in [-0.25, -0.2) is 12.8 Å². The van der Waals surface area contributed by atoms with Gasteiger partial charge in [0.15, 0.2) is 11.8 Å². The summed E-state index contributed by atoms with van der Waals surface area (Å²) in [5.41, 5.74) is 5.17. The first kappa shape index (κ1) is 15.6. The Balaban J connectivity index is 2.46. The molecule has 0 saturated carbocycles. The lowest BCUT2D eigenvalue weighted by Crippen LogP contribution is -2.51. The predicted octanol–water partition coefficient (Wildman–Crippen LogP) is 0.237. The van der Waals surface area contributed by atoms with Crippen LogP contribution in [0.5, 0.6) is 0 Å². The molecule has 1 fully saturated rings. The van der Waals surface area contributed by atoms with Crippen molar-refractivity contribution in [1.82, 2.24) is 4.31 Å². The van der Waals surface area contributed by atoms with Gasteiger partial charge in [0.05, 0.1) is 4.90 Å². The van der Waals surface area contributed by atoms with Crippen molar-refractivity contribution in [2.45, 2.75) is 23.8 Å². The number of halogens is 1. The summed E-state index contributed by atoms with van der Waals surface area (Å²) in [4.78, 5) is 23.2. The highest BCUT2D eigenvalue weighted by atomic mass is 32.2. The molecule has 1 aromatic rings. The SMILES string of the molecule is NC(=O)C1C(=O)[CH]CCCN1S(=O)(=O)c1ccc(F)cc1. The van der Waals surface area contributed by atoms with Crippen LogP contribution in [0.1, 0.15) is 12.8 Å². The molecule has 1 saturated heterocycles. The predicted molar refractivity (Wildman–Crippen MR) is 71.8 cm³/mol. The Morgan fingerprint density at radius 3 is 2.48 bits per heavy atom. The fourth-order valence-corrected chi connectivity index (χ4v) is 3.76. The van der Waals surface area contributed by atoms with E-state index in [0.717, 1.165) is 28.6 Å². The molecule has 1 heterocycles. The second-order valence-corrected chi connectivity index (χ2v) is 6.51.